The molecule has 186 valence electrons. The number of hydrogen-bond donors (Lipinski definition) is 1. The van der Waals surface area contributed by atoms with E-state index in [1.807, 2.05) is 61.5 Å². The number of carbonyl (C=O) groups excluding carboxylic acids is 2. The highest BCUT2D eigenvalue weighted by molar-refractivity contribution is 6.51. The van der Waals surface area contributed by atoms with Gasteiger partial charge in [0, 0.05) is 11.3 Å². The summed E-state index contributed by atoms with van der Waals surface area (Å²) in [6.07, 6.45) is 0.865. The van der Waals surface area contributed by atoms with Crippen molar-refractivity contribution in [3.05, 3.63) is 100 Å². The Balaban J connectivity index is 1.95. The zero-order chi connectivity index (χ0) is 26.2. The molecule has 0 saturated carbocycles. The monoisotopic (exact) mass is 483 g/mol. The van der Waals surface area contributed by atoms with Crippen molar-refractivity contribution in [2.24, 2.45) is 0 Å². The molecule has 3 aromatic rings. The van der Waals surface area contributed by atoms with Crippen LogP contribution in [0.15, 0.2) is 72.3 Å². The number of aryl methyl sites for hydroxylation is 2. The molecule has 1 N–H and O–H groups in total. The average molecular weight is 484 g/mol. The number of Topliss-reactive ketones (excluding diaryl/α,β-unsaturated/α-hetero) is 1. The maximum atomic E-state index is 13.5. The van der Waals surface area contributed by atoms with Crippen LogP contribution >= 0.6 is 0 Å². The van der Waals surface area contributed by atoms with Gasteiger partial charge >= 0.3 is 0 Å². The van der Waals surface area contributed by atoms with Gasteiger partial charge in [0.15, 0.2) is 0 Å². The van der Waals surface area contributed by atoms with Crippen molar-refractivity contribution in [3.63, 3.8) is 0 Å². The lowest BCUT2D eigenvalue weighted by atomic mass is 9.84. The Morgan fingerprint density at radius 3 is 2.17 bits per heavy atom. The van der Waals surface area contributed by atoms with Gasteiger partial charge in [0.05, 0.1) is 18.7 Å². The molecular formula is C31H33NO4. The molecule has 1 amide bonds. The number of rotatable bonds is 5. The van der Waals surface area contributed by atoms with Crippen molar-refractivity contribution in [2.45, 2.75) is 52.5 Å². The van der Waals surface area contributed by atoms with Gasteiger partial charge in [0.25, 0.3) is 11.7 Å². The third kappa shape index (κ3) is 4.53. The third-order valence-electron chi connectivity index (χ3n) is 6.86. The van der Waals surface area contributed by atoms with Gasteiger partial charge in [-0.1, -0.05) is 64.1 Å². The first kappa shape index (κ1) is 25.2. The molecule has 3 aromatic carbocycles. The molecule has 0 bridgehead atoms. The predicted octanol–water partition coefficient (Wildman–Crippen LogP) is 6.49. The van der Waals surface area contributed by atoms with Gasteiger partial charge in [-0.25, -0.2) is 0 Å². The smallest absolute Gasteiger partial charge is 0.300 e. The van der Waals surface area contributed by atoms with E-state index in [1.165, 1.54) is 4.90 Å². The fourth-order valence-corrected chi connectivity index (χ4v) is 4.58. The van der Waals surface area contributed by atoms with Crippen molar-refractivity contribution in [2.75, 3.05) is 12.0 Å². The van der Waals surface area contributed by atoms with Gasteiger partial charge in [-0.2, -0.15) is 0 Å². The second kappa shape index (κ2) is 9.65. The molecule has 36 heavy (non-hydrogen) atoms. The summed E-state index contributed by atoms with van der Waals surface area (Å²) in [4.78, 5) is 28.4. The first-order valence-electron chi connectivity index (χ1n) is 12.2. The van der Waals surface area contributed by atoms with Crippen LogP contribution in [0, 0.1) is 6.92 Å². The van der Waals surface area contributed by atoms with Crippen molar-refractivity contribution >= 4 is 23.1 Å². The van der Waals surface area contributed by atoms with Crippen molar-refractivity contribution in [1.82, 2.24) is 0 Å². The fraction of sp³-hybridized carbons (Fsp3) is 0.290. The predicted molar refractivity (Wildman–Crippen MR) is 143 cm³/mol. The molecule has 5 heteroatoms. The second-order valence-corrected chi connectivity index (χ2v) is 10.2. The van der Waals surface area contributed by atoms with Crippen LogP contribution in [0.2, 0.25) is 0 Å². The van der Waals surface area contributed by atoms with E-state index in [0.717, 1.165) is 23.1 Å². The van der Waals surface area contributed by atoms with Crippen LogP contribution in [0.4, 0.5) is 5.69 Å². The summed E-state index contributed by atoms with van der Waals surface area (Å²) < 4.78 is 5.31. The molecule has 1 fully saturated rings. The van der Waals surface area contributed by atoms with Crippen LogP contribution in [0.1, 0.15) is 61.6 Å². The Kier molecular flexibility index (Phi) is 6.77. The fourth-order valence-electron chi connectivity index (χ4n) is 4.58. The summed E-state index contributed by atoms with van der Waals surface area (Å²) in [6, 6.07) is 20.0. The number of benzene rings is 3. The van der Waals surface area contributed by atoms with Crippen LogP contribution in [0.25, 0.3) is 5.76 Å². The highest BCUT2D eigenvalue weighted by Gasteiger charge is 2.47. The highest BCUT2D eigenvalue weighted by Crippen LogP contribution is 2.43. The van der Waals surface area contributed by atoms with Crippen molar-refractivity contribution in [1.29, 1.82) is 0 Å². The number of ether oxygens (including phenoxy) is 1. The van der Waals surface area contributed by atoms with Gasteiger partial charge in [0.2, 0.25) is 0 Å². The largest absolute Gasteiger partial charge is 0.507 e. The van der Waals surface area contributed by atoms with E-state index in [4.69, 9.17) is 4.74 Å². The highest BCUT2D eigenvalue weighted by atomic mass is 16.5. The molecule has 1 aliphatic heterocycles. The zero-order valence-electron chi connectivity index (χ0n) is 21.8. The number of nitrogens with zero attached hydrogens (tertiary/aromatic N) is 1. The molecule has 0 aliphatic carbocycles. The van der Waals surface area contributed by atoms with Gasteiger partial charge in [-0.3, -0.25) is 14.5 Å². The molecule has 5 nitrogen and oxygen atoms in total. The van der Waals surface area contributed by atoms with E-state index in [-0.39, 0.29) is 16.7 Å². The number of methoxy groups -OCH3 is 1. The lowest BCUT2D eigenvalue weighted by Crippen LogP contribution is -2.29. The van der Waals surface area contributed by atoms with Crippen molar-refractivity contribution < 1.29 is 19.4 Å². The Morgan fingerprint density at radius 2 is 1.61 bits per heavy atom. The summed E-state index contributed by atoms with van der Waals surface area (Å²) in [6.45, 7) is 10.2. The van der Waals surface area contributed by atoms with E-state index in [1.54, 1.807) is 19.2 Å². The van der Waals surface area contributed by atoms with Crippen LogP contribution in [0.5, 0.6) is 5.75 Å². The van der Waals surface area contributed by atoms with Crippen LogP contribution < -0.4 is 9.64 Å². The first-order valence-corrected chi connectivity index (χ1v) is 12.2. The number of carbonyl (C=O) groups is 2. The van der Waals surface area contributed by atoms with Gasteiger partial charge in [0.1, 0.15) is 11.5 Å². The standard InChI is InChI=1S/C31H33NO4/c1-7-20-9-14-23(15-10-20)32-27(21-11-16-24(36-6)17-12-21)26(29(34)30(32)35)28(33)25-18-22(31(3,4)5)13-8-19(25)2/h8-18,27,33H,7H2,1-6H3/b28-26+. The number of ketones is 1. The van der Waals surface area contributed by atoms with Crippen molar-refractivity contribution in [3.8, 4) is 5.75 Å². The topological polar surface area (TPSA) is 66.8 Å². The minimum atomic E-state index is -0.777. The summed E-state index contributed by atoms with van der Waals surface area (Å²) in [7, 11) is 1.58. The van der Waals surface area contributed by atoms with E-state index in [9.17, 15) is 14.7 Å². The quantitative estimate of drug-likeness (QED) is 0.256. The van der Waals surface area contributed by atoms with Crippen LogP contribution in [-0.4, -0.2) is 23.9 Å². The summed E-state index contributed by atoms with van der Waals surface area (Å²) >= 11 is 0. The van der Waals surface area contributed by atoms with Gasteiger partial charge in [-0.05, 0) is 71.3 Å². The number of amides is 1. The Labute approximate surface area is 213 Å². The zero-order valence-corrected chi connectivity index (χ0v) is 21.8. The maximum Gasteiger partial charge on any atom is 0.300 e. The molecule has 1 saturated heterocycles. The molecule has 1 heterocycles. The molecule has 1 unspecified atom stereocenters. The minimum absolute atomic E-state index is 0.0823. The summed E-state index contributed by atoms with van der Waals surface area (Å²) in [5, 5.41) is 11.6. The normalized spacial score (nSPS) is 17.5. The minimum Gasteiger partial charge on any atom is -0.507 e. The number of aliphatic hydroxyl groups is 1. The third-order valence-corrected chi connectivity index (χ3v) is 6.86. The number of aliphatic hydroxyl groups excluding tert-OH is 1. The summed E-state index contributed by atoms with van der Waals surface area (Å²) in [5.74, 6) is -0.859. The van der Waals surface area contributed by atoms with Crippen LogP contribution in [0.3, 0.4) is 0 Å². The van der Waals surface area contributed by atoms with E-state index < -0.39 is 17.7 Å². The molecule has 1 atom stereocenters. The molecule has 1 aliphatic rings. The molecular weight excluding hydrogens is 450 g/mol. The van der Waals surface area contributed by atoms with E-state index in [2.05, 4.69) is 27.7 Å². The SMILES string of the molecule is CCc1ccc(N2C(=O)C(=O)/C(=C(/O)c3cc(C(C)(C)C)ccc3C)C2c2ccc(OC)cc2)cc1. The lowest BCUT2D eigenvalue weighted by molar-refractivity contribution is -0.132. The average Bonchev–Trinajstić information content (AvgIpc) is 3.13. The molecule has 0 aromatic heterocycles. The number of hydrogen-bond acceptors (Lipinski definition) is 4. The molecule has 4 rings (SSSR count). The Bertz CT molecular complexity index is 1330. The number of anilines is 1. The lowest BCUT2D eigenvalue weighted by Gasteiger charge is -2.26. The Hall–Kier alpha value is -3.86. The van der Waals surface area contributed by atoms with E-state index in [0.29, 0.717) is 22.6 Å². The molecule has 0 spiro atoms. The van der Waals surface area contributed by atoms with Gasteiger partial charge < -0.3 is 9.84 Å². The summed E-state index contributed by atoms with van der Waals surface area (Å²) in [5.41, 5.74) is 4.79. The second-order valence-electron chi connectivity index (χ2n) is 10.2. The Morgan fingerprint density at radius 1 is 0.972 bits per heavy atom. The van der Waals surface area contributed by atoms with Crippen LogP contribution in [-0.2, 0) is 21.4 Å². The maximum absolute atomic E-state index is 13.5. The molecule has 0 radical (unpaired) electrons. The first-order chi connectivity index (χ1) is 17.1. The van der Waals surface area contributed by atoms with Gasteiger partial charge in [-0.15, -0.1) is 0 Å². The van der Waals surface area contributed by atoms with E-state index >= 15 is 0 Å².